The molecule has 1 N–H and O–H groups in total. The Kier molecular flexibility index (Phi) is 4.06. The lowest BCUT2D eigenvalue weighted by molar-refractivity contribution is 0.300. The maximum atomic E-state index is 13.6. The smallest absolute Gasteiger partial charge is 0.131 e. The minimum Gasteiger partial charge on any atom is -0.489 e. The fraction of sp³-hybridized carbons (Fsp3) is 0.188. The van der Waals surface area contributed by atoms with Crippen molar-refractivity contribution in [1.82, 2.24) is 5.32 Å². The summed E-state index contributed by atoms with van der Waals surface area (Å²) in [7, 11) is 0. The molecule has 1 aliphatic heterocycles. The number of hydrogen-bond donors (Lipinski definition) is 1. The molecule has 0 spiro atoms. The van der Waals surface area contributed by atoms with E-state index < -0.39 is 0 Å². The molecule has 5 heteroatoms. The Hall–Kier alpha value is -2.07. The van der Waals surface area contributed by atoms with E-state index in [0.29, 0.717) is 16.3 Å². The first kappa shape index (κ1) is 13.9. The maximum absolute atomic E-state index is 13.6. The zero-order valence-electron chi connectivity index (χ0n) is 11.3. The van der Waals surface area contributed by atoms with Gasteiger partial charge in [0.15, 0.2) is 0 Å². The summed E-state index contributed by atoms with van der Waals surface area (Å²) in [6.45, 7) is 1.78. The van der Waals surface area contributed by atoms with Crippen LogP contribution in [0, 0.1) is 5.82 Å². The summed E-state index contributed by atoms with van der Waals surface area (Å²) in [6.07, 6.45) is 0. The third kappa shape index (κ3) is 3.16. The predicted molar refractivity (Wildman–Crippen MR) is 81.6 cm³/mol. The van der Waals surface area contributed by atoms with Crippen molar-refractivity contribution < 1.29 is 9.13 Å². The van der Waals surface area contributed by atoms with Crippen LogP contribution in [0.4, 0.5) is 4.39 Å². The van der Waals surface area contributed by atoms with E-state index in [2.05, 4.69) is 10.3 Å². The second kappa shape index (κ2) is 6.14. The minimum atomic E-state index is -0.358. The molecule has 0 saturated heterocycles. The van der Waals surface area contributed by atoms with Crippen molar-refractivity contribution in [1.29, 1.82) is 0 Å². The average molecular weight is 305 g/mol. The number of halogens is 2. The molecule has 1 heterocycles. The van der Waals surface area contributed by atoms with Gasteiger partial charge < -0.3 is 10.1 Å². The van der Waals surface area contributed by atoms with E-state index in [1.165, 1.54) is 6.07 Å². The molecule has 0 unspecified atom stereocenters. The van der Waals surface area contributed by atoms with Gasteiger partial charge in [0, 0.05) is 17.7 Å². The lowest BCUT2D eigenvalue weighted by Gasteiger charge is -2.09. The van der Waals surface area contributed by atoms with E-state index >= 15 is 0 Å². The minimum absolute atomic E-state index is 0.101. The van der Waals surface area contributed by atoms with Crippen molar-refractivity contribution in [3.8, 4) is 5.75 Å². The lowest BCUT2D eigenvalue weighted by atomic mass is 10.2. The molecular formula is C16H14ClFN2O. The number of ether oxygens (including phenoxy) is 1. The van der Waals surface area contributed by atoms with E-state index in [1.807, 2.05) is 24.3 Å². The van der Waals surface area contributed by atoms with Crippen molar-refractivity contribution in [3.05, 3.63) is 64.4 Å². The van der Waals surface area contributed by atoms with Gasteiger partial charge in [0.05, 0.1) is 11.6 Å². The van der Waals surface area contributed by atoms with Crippen molar-refractivity contribution in [2.24, 2.45) is 4.99 Å². The summed E-state index contributed by atoms with van der Waals surface area (Å²) in [5, 5.41) is 3.58. The van der Waals surface area contributed by atoms with Crippen LogP contribution in [0.25, 0.3) is 0 Å². The number of rotatable bonds is 4. The summed E-state index contributed by atoms with van der Waals surface area (Å²) in [5.74, 6) is 1.21. The average Bonchev–Trinajstić information content (AvgIpc) is 3.02. The van der Waals surface area contributed by atoms with Crippen LogP contribution in [0.5, 0.6) is 5.75 Å². The Morgan fingerprint density at radius 3 is 2.67 bits per heavy atom. The highest BCUT2D eigenvalue weighted by Gasteiger charge is 2.09. The van der Waals surface area contributed by atoms with Gasteiger partial charge in [-0.3, -0.25) is 4.99 Å². The third-order valence-corrected chi connectivity index (χ3v) is 3.60. The zero-order valence-corrected chi connectivity index (χ0v) is 12.0. The normalized spacial score (nSPS) is 13.7. The monoisotopic (exact) mass is 304 g/mol. The van der Waals surface area contributed by atoms with Crippen molar-refractivity contribution in [2.45, 2.75) is 6.61 Å². The molecule has 0 radical (unpaired) electrons. The second-order valence-electron chi connectivity index (χ2n) is 4.67. The van der Waals surface area contributed by atoms with E-state index in [1.54, 1.807) is 12.1 Å². The topological polar surface area (TPSA) is 33.6 Å². The van der Waals surface area contributed by atoms with Gasteiger partial charge in [-0.1, -0.05) is 17.7 Å². The summed E-state index contributed by atoms with van der Waals surface area (Å²) < 4.78 is 19.2. The van der Waals surface area contributed by atoms with E-state index in [9.17, 15) is 4.39 Å². The molecule has 0 fully saturated rings. The molecule has 0 atom stereocenters. The summed E-state index contributed by atoms with van der Waals surface area (Å²) >= 11 is 5.96. The third-order valence-electron chi connectivity index (χ3n) is 3.25. The first-order valence-electron chi connectivity index (χ1n) is 6.68. The van der Waals surface area contributed by atoms with Crippen molar-refractivity contribution in [2.75, 3.05) is 13.1 Å². The SMILES string of the molecule is Fc1cccc(Cl)c1COc1ccc(C2=NCCN2)cc1. The van der Waals surface area contributed by atoms with Crippen molar-refractivity contribution >= 4 is 17.4 Å². The highest BCUT2D eigenvalue weighted by atomic mass is 35.5. The largest absolute Gasteiger partial charge is 0.489 e. The lowest BCUT2D eigenvalue weighted by Crippen LogP contribution is -2.19. The van der Waals surface area contributed by atoms with Gasteiger partial charge in [0.2, 0.25) is 0 Å². The van der Waals surface area contributed by atoms with Crippen LogP contribution in [0.3, 0.4) is 0 Å². The molecule has 0 bridgehead atoms. The highest BCUT2D eigenvalue weighted by Crippen LogP contribution is 2.21. The van der Waals surface area contributed by atoms with Gasteiger partial charge in [0.1, 0.15) is 24.0 Å². The Morgan fingerprint density at radius 1 is 1.19 bits per heavy atom. The fourth-order valence-electron chi connectivity index (χ4n) is 2.13. The van der Waals surface area contributed by atoms with E-state index in [4.69, 9.17) is 16.3 Å². The summed E-state index contributed by atoms with van der Waals surface area (Å²) in [5.41, 5.74) is 1.38. The van der Waals surface area contributed by atoms with Crippen LogP contribution in [-0.2, 0) is 6.61 Å². The molecule has 2 aromatic rings. The van der Waals surface area contributed by atoms with Gasteiger partial charge >= 0.3 is 0 Å². The number of aliphatic imine (C=N–C) groups is 1. The molecule has 21 heavy (non-hydrogen) atoms. The highest BCUT2D eigenvalue weighted by molar-refractivity contribution is 6.31. The summed E-state index contributed by atoms with van der Waals surface area (Å²) in [4.78, 5) is 4.35. The van der Waals surface area contributed by atoms with E-state index in [0.717, 1.165) is 24.5 Å². The van der Waals surface area contributed by atoms with Crippen LogP contribution in [0.15, 0.2) is 47.5 Å². The van der Waals surface area contributed by atoms with Crippen molar-refractivity contribution in [3.63, 3.8) is 0 Å². The molecule has 0 aliphatic carbocycles. The molecular weight excluding hydrogens is 291 g/mol. The van der Waals surface area contributed by atoms with Gasteiger partial charge in [-0.05, 0) is 36.4 Å². The van der Waals surface area contributed by atoms with Crippen LogP contribution < -0.4 is 10.1 Å². The standard InChI is InChI=1S/C16H14ClFN2O/c17-14-2-1-3-15(18)13(14)10-21-12-6-4-11(5-7-12)16-19-8-9-20-16/h1-7H,8-10H2,(H,19,20). The van der Waals surface area contributed by atoms with Crippen LogP contribution in [0.1, 0.15) is 11.1 Å². The Labute approximate surface area is 127 Å². The van der Waals surface area contributed by atoms with Gasteiger partial charge in [-0.15, -0.1) is 0 Å². The number of benzene rings is 2. The number of nitrogens with one attached hydrogen (secondary N) is 1. The second-order valence-corrected chi connectivity index (χ2v) is 5.08. The molecule has 0 saturated carbocycles. The Bertz CT molecular complexity index is 650. The molecule has 108 valence electrons. The fourth-order valence-corrected chi connectivity index (χ4v) is 2.34. The number of hydrogen-bond acceptors (Lipinski definition) is 3. The predicted octanol–water partition coefficient (Wildman–Crippen LogP) is 3.41. The molecule has 3 nitrogen and oxygen atoms in total. The van der Waals surface area contributed by atoms with Gasteiger partial charge in [-0.2, -0.15) is 0 Å². The Morgan fingerprint density at radius 2 is 2.00 bits per heavy atom. The molecule has 1 aliphatic rings. The van der Waals surface area contributed by atoms with Crippen LogP contribution in [-0.4, -0.2) is 18.9 Å². The quantitative estimate of drug-likeness (QED) is 0.939. The number of amidine groups is 1. The molecule has 0 amide bonds. The Balaban J connectivity index is 1.68. The maximum Gasteiger partial charge on any atom is 0.131 e. The first-order valence-corrected chi connectivity index (χ1v) is 7.06. The van der Waals surface area contributed by atoms with Crippen LogP contribution in [0.2, 0.25) is 5.02 Å². The van der Waals surface area contributed by atoms with Gasteiger partial charge in [0.25, 0.3) is 0 Å². The number of nitrogens with zero attached hydrogens (tertiary/aromatic N) is 1. The molecule has 3 rings (SSSR count). The first-order chi connectivity index (χ1) is 10.2. The summed E-state index contributed by atoms with van der Waals surface area (Å²) in [6, 6.07) is 12.1. The van der Waals surface area contributed by atoms with E-state index in [-0.39, 0.29) is 12.4 Å². The molecule has 2 aromatic carbocycles. The van der Waals surface area contributed by atoms with Crippen LogP contribution >= 0.6 is 11.6 Å². The molecule has 0 aromatic heterocycles. The van der Waals surface area contributed by atoms with Gasteiger partial charge in [-0.25, -0.2) is 4.39 Å². The zero-order chi connectivity index (χ0) is 14.7.